The number of methoxy groups -OCH3 is 1. The van der Waals surface area contributed by atoms with E-state index in [-0.39, 0.29) is 16.4 Å². The summed E-state index contributed by atoms with van der Waals surface area (Å²) in [4.78, 5) is 43.3. The van der Waals surface area contributed by atoms with E-state index in [4.69, 9.17) is 4.74 Å². The normalized spacial score (nSPS) is 17.1. The van der Waals surface area contributed by atoms with E-state index in [9.17, 15) is 24.8 Å². The minimum absolute atomic E-state index is 0.180. The average Bonchev–Trinajstić information content (AvgIpc) is 3.41. The van der Waals surface area contributed by atoms with E-state index >= 15 is 0 Å². The molecular formula is C26H19N3O6S. The van der Waals surface area contributed by atoms with E-state index in [1.807, 2.05) is 25.1 Å². The fraction of sp³-hybridized carbons (Fsp3) is 0.115. The quantitative estimate of drug-likeness (QED) is 0.132. The third-order valence-corrected chi connectivity index (χ3v) is 6.96. The minimum Gasteiger partial charge on any atom is -0.507 e. The van der Waals surface area contributed by atoms with Crippen LogP contribution in [0.2, 0.25) is 0 Å². The van der Waals surface area contributed by atoms with Crippen LogP contribution in [0.5, 0.6) is 5.75 Å². The van der Waals surface area contributed by atoms with Crippen molar-refractivity contribution in [2.75, 3.05) is 12.0 Å². The number of nitro benzene ring substituents is 1. The number of hydrogen-bond acceptors (Lipinski definition) is 8. The van der Waals surface area contributed by atoms with Crippen molar-refractivity contribution < 1.29 is 24.4 Å². The zero-order valence-corrected chi connectivity index (χ0v) is 20.0. The molecule has 10 heteroatoms. The number of anilines is 1. The van der Waals surface area contributed by atoms with Crippen molar-refractivity contribution in [2.24, 2.45) is 0 Å². The highest BCUT2D eigenvalue weighted by Gasteiger charge is 2.48. The van der Waals surface area contributed by atoms with E-state index in [0.29, 0.717) is 22.4 Å². The predicted molar refractivity (Wildman–Crippen MR) is 135 cm³/mol. The number of aliphatic hydroxyl groups is 1. The summed E-state index contributed by atoms with van der Waals surface area (Å²) in [5.74, 6) is -1.63. The number of amides is 1. The summed E-state index contributed by atoms with van der Waals surface area (Å²) in [7, 11) is 1.50. The molecule has 1 fully saturated rings. The van der Waals surface area contributed by atoms with Gasteiger partial charge >= 0.3 is 5.91 Å². The highest BCUT2D eigenvalue weighted by molar-refractivity contribution is 7.22. The molecule has 1 aromatic heterocycles. The molecule has 180 valence electrons. The zero-order chi connectivity index (χ0) is 25.6. The minimum atomic E-state index is -1.12. The summed E-state index contributed by atoms with van der Waals surface area (Å²) < 4.78 is 5.97. The molecule has 1 N–H and O–H groups in total. The molecule has 0 aliphatic carbocycles. The van der Waals surface area contributed by atoms with E-state index < -0.39 is 28.4 Å². The lowest BCUT2D eigenvalue weighted by molar-refractivity contribution is -0.384. The number of nitrogens with zero attached hydrogens (tertiary/aromatic N) is 3. The molecule has 0 unspecified atom stereocenters. The van der Waals surface area contributed by atoms with Crippen LogP contribution in [-0.2, 0) is 9.59 Å². The molecule has 1 aliphatic heterocycles. The molecule has 1 aliphatic rings. The standard InChI is InChI=1S/C26H19N3O6S/c1-14-6-11-19-20(12-14)36-26(27-19)28-22(16-4-3-5-17(13-16)29(33)34)21(24(31)25(28)32)23(30)15-7-9-18(35-2)10-8-15/h3-13,22,30H,1-2H3/t22-/m1/s1. The van der Waals surface area contributed by atoms with Crippen LogP contribution in [-0.4, -0.2) is 33.8 Å². The Kier molecular flexibility index (Phi) is 5.73. The SMILES string of the molecule is COc1ccc(C(O)=C2C(=O)C(=O)N(c3nc4ccc(C)cc4s3)[C@@H]2c2cccc([N+](=O)[O-])c2)cc1. The highest BCUT2D eigenvalue weighted by atomic mass is 32.1. The maximum absolute atomic E-state index is 13.3. The Hall–Kier alpha value is -4.57. The lowest BCUT2D eigenvalue weighted by Gasteiger charge is -2.22. The van der Waals surface area contributed by atoms with Crippen molar-refractivity contribution in [1.29, 1.82) is 0 Å². The molecule has 3 aromatic carbocycles. The Morgan fingerprint density at radius 2 is 1.86 bits per heavy atom. The van der Waals surface area contributed by atoms with Gasteiger partial charge in [-0.2, -0.15) is 0 Å². The van der Waals surface area contributed by atoms with Crippen molar-refractivity contribution in [3.63, 3.8) is 0 Å². The predicted octanol–water partition coefficient (Wildman–Crippen LogP) is 5.15. The molecule has 36 heavy (non-hydrogen) atoms. The lowest BCUT2D eigenvalue weighted by atomic mass is 9.95. The van der Waals surface area contributed by atoms with Gasteiger partial charge in [-0.25, -0.2) is 4.98 Å². The molecule has 0 saturated carbocycles. The number of thiazole rings is 1. The number of hydrogen-bond donors (Lipinski definition) is 1. The first-order valence-corrected chi connectivity index (χ1v) is 11.7. The second-order valence-corrected chi connectivity index (χ2v) is 9.23. The topological polar surface area (TPSA) is 123 Å². The number of rotatable bonds is 5. The van der Waals surface area contributed by atoms with Crippen molar-refractivity contribution in [3.8, 4) is 5.75 Å². The summed E-state index contributed by atoms with van der Waals surface area (Å²) in [5, 5.41) is 22.9. The van der Waals surface area contributed by atoms with Gasteiger partial charge in [0.2, 0.25) is 0 Å². The van der Waals surface area contributed by atoms with Gasteiger partial charge in [-0.05, 0) is 54.4 Å². The fourth-order valence-electron chi connectivity index (χ4n) is 4.18. The number of ketones is 1. The number of benzene rings is 3. The van der Waals surface area contributed by atoms with Gasteiger partial charge in [0.15, 0.2) is 5.13 Å². The Morgan fingerprint density at radius 3 is 2.56 bits per heavy atom. The molecule has 1 atom stereocenters. The van der Waals surface area contributed by atoms with Crippen LogP contribution in [0.3, 0.4) is 0 Å². The third-order valence-electron chi connectivity index (χ3n) is 5.94. The molecule has 5 rings (SSSR count). The number of nitro groups is 1. The zero-order valence-electron chi connectivity index (χ0n) is 19.2. The van der Waals surface area contributed by atoms with Crippen LogP contribution >= 0.6 is 11.3 Å². The number of aryl methyl sites for hydroxylation is 1. The van der Waals surface area contributed by atoms with Gasteiger partial charge in [-0.3, -0.25) is 24.6 Å². The number of aliphatic hydroxyl groups excluding tert-OH is 1. The van der Waals surface area contributed by atoms with Gasteiger partial charge < -0.3 is 9.84 Å². The van der Waals surface area contributed by atoms with E-state index in [1.165, 1.54) is 41.5 Å². The summed E-state index contributed by atoms with van der Waals surface area (Å²) in [5.41, 5.74) is 1.87. The van der Waals surface area contributed by atoms with Crippen LogP contribution < -0.4 is 9.64 Å². The Labute approximate surface area is 209 Å². The van der Waals surface area contributed by atoms with Gasteiger partial charge in [0, 0.05) is 17.7 Å². The maximum atomic E-state index is 13.3. The van der Waals surface area contributed by atoms with Gasteiger partial charge in [-0.1, -0.05) is 29.5 Å². The first-order chi connectivity index (χ1) is 17.3. The van der Waals surface area contributed by atoms with E-state index in [2.05, 4.69) is 4.98 Å². The maximum Gasteiger partial charge on any atom is 0.301 e. The highest BCUT2D eigenvalue weighted by Crippen LogP contribution is 2.45. The average molecular weight is 502 g/mol. The monoisotopic (exact) mass is 501 g/mol. The summed E-state index contributed by atoms with van der Waals surface area (Å²) in [6, 6.07) is 16.5. The van der Waals surface area contributed by atoms with E-state index in [0.717, 1.165) is 10.3 Å². The number of carbonyl (C=O) groups is 2. The molecule has 2 heterocycles. The largest absolute Gasteiger partial charge is 0.507 e. The summed E-state index contributed by atoms with van der Waals surface area (Å²) in [6.45, 7) is 1.93. The summed E-state index contributed by atoms with van der Waals surface area (Å²) in [6.07, 6.45) is 0. The molecule has 9 nitrogen and oxygen atoms in total. The van der Waals surface area contributed by atoms with Crippen molar-refractivity contribution >= 4 is 49.8 Å². The number of ether oxygens (including phenoxy) is 1. The molecule has 1 saturated heterocycles. The Morgan fingerprint density at radius 1 is 1.11 bits per heavy atom. The first-order valence-electron chi connectivity index (χ1n) is 10.9. The van der Waals surface area contributed by atoms with Crippen LogP contribution in [0.1, 0.15) is 22.7 Å². The van der Waals surface area contributed by atoms with Gasteiger partial charge in [0.1, 0.15) is 11.5 Å². The van der Waals surface area contributed by atoms with Crippen molar-refractivity contribution in [3.05, 3.63) is 99.1 Å². The van der Waals surface area contributed by atoms with Gasteiger partial charge in [0.05, 0.1) is 33.9 Å². The number of Topliss-reactive ketones (excluding diaryl/α,β-unsaturated/α-hetero) is 1. The number of non-ortho nitro benzene ring substituents is 1. The smallest absolute Gasteiger partial charge is 0.301 e. The molecule has 4 aromatic rings. The number of aromatic nitrogens is 1. The second kappa shape index (κ2) is 8.90. The second-order valence-electron chi connectivity index (χ2n) is 8.22. The van der Waals surface area contributed by atoms with Crippen LogP contribution in [0.25, 0.3) is 16.0 Å². The van der Waals surface area contributed by atoms with Crippen molar-refractivity contribution in [2.45, 2.75) is 13.0 Å². The third kappa shape index (κ3) is 3.87. The molecule has 0 spiro atoms. The fourth-order valence-corrected chi connectivity index (χ4v) is 5.27. The molecular weight excluding hydrogens is 482 g/mol. The van der Waals surface area contributed by atoms with E-state index in [1.54, 1.807) is 30.3 Å². The van der Waals surface area contributed by atoms with Gasteiger partial charge in [0.25, 0.3) is 11.5 Å². The number of carbonyl (C=O) groups excluding carboxylic acids is 2. The summed E-state index contributed by atoms with van der Waals surface area (Å²) >= 11 is 1.23. The van der Waals surface area contributed by atoms with Crippen LogP contribution in [0.4, 0.5) is 10.8 Å². The van der Waals surface area contributed by atoms with Crippen LogP contribution in [0, 0.1) is 17.0 Å². The molecule has 0 bridgehead atoms. The molecule has 1 amide bonds. The Bertz CT molecular complexity index is 1570. The molecule has 0 radical (unpaired) electrons. The van der Waals surface area contributed by atoms with Crippen LogP contribution in [0.15, 0.2) is 72.3 Å². The number of fused-ring (bicyclic) bond motifs is 1. The Balaban J connectivity index is 1.73. The lowest BCUT2D eigenvalue weighted by Crippen LogP contribution is -2.29. The van der Waals surface area contributed by atoms with Gasteiger partial charge in [-0.15, -0.1) is 0 Å². The first kappa shape index (κ1) is 23.2. The van der Waals surface area contributed by atoms with Crippen molar-refractivity contribution in [1.82, 2.24) is 4.98 Å².